The predicted molar refractivity (Wildman–Crippen MR) is 85.4 cm³/mol. The third-order valence-corrected chi connectivity index (χ3v) is 4.30. The van der Waals surface area contributed by atoms with Crippen LogP contribution in [0.4, 0.5) is 5.69 Å². The van der Waals surface area contributed by atoms with Crippen molar-refractivity contribution in [1.82, 2.24) is 4.90 Å². The summed E-state index contributed by atoms with van der Waals surface area (Å²) in [6, 6.07) is 8.11. The SMILES string of the molecule is CCOc1ccccc1N1CCN(C(=O)[C@H]2CCCO2)CC1. The van der Waals surface area contributed by atoms with E-state index in [1.807, 2.05) is 30.0 Å². The quantitative estimate of drug-likeness (QED) is 0.852. The van der Waals surface area contributed by atoms with E-state index in [0.717, 1.165) is 57.1 Å². The van der Waals surface area contributed by atoms with Gasteiger partial charge in [-0.05, 0) is 31.9 Å². The number of nitrogens with zero attached hydrogens (tertiary/aromatic N) is 2. The van der Waals surface area contributed by atoms with Gasteiger partial charge in [-0.1, -0.05) is 12.1 Å². The van der Waals surface area contributed by atoms with Crippen molar-refractivity contribution in [3.63, 3.8) is 0 Å². The molecule has 120 valence electrons. The molecule has 1 atom stereocenters. The zero-order chi connectivity index (χ0) is 15.4. The first-order chi connectivity index (χ1) is 10.8. The van der Waals surface area contributed by atoms with E-state index in [1.54, 1.807) is 0 Å². The van der Waals surface area contributed by atoms with Crippen LogP contribution in [0, 0.1) is 0 Å². The van der Waals surface area contributed by atoms with Crippen LogP contribution in [0.2, 0.25) is 0 Å². The molecular weight excluding hydrogens is 280 g/mol. The normalized spacial score (nSPS) is 22.0. The average Bonchev–Trinajstić information content (AvgIpc) is 3.10. The number of anilines is 1. The van der Waals surface area contributed by atoms with Crippen molar-refractivity contribution in [1.29, 1.82) is 0 Å². The van der Waals surface area contributed by atoms with Crippen molar-refractivity contribution in [2.45, 2.75) is 25.9 Å². The molecular formula is C17H24N2O3. The number of hydrogen-bond acceptors (Lipinski definition) is 4. The first-order valence-corrected chi connectivity index (χ1v) is 8.16. The summed E-state index contributed by atoms with van der Waals surface area (Å²) in [4.78, 5) is 16.6. The minimum atomic E-state index is -0.206. The summed E-state index contributed by atoms with van der Waals surface area (Å²) in [5.41, 5.74) is 1.12. The Hall–Kier alpha value is -1.75. The zero-order valence-electron chi connectivity index (χ0n) is 13.2. The minimum absolute atomic E-state index is 0.162. The summed E-state index contributed by atoms with van der Waals surface area (Å²) < 4.78 is 11.2. The molecule has 0 bridgehead atoms. The van der Waals surface area contributed by atoms with Crippen LogP contribution in [-0.2, 0) is 9.53 Å². The molecule has 0 aliphatic carbocycles. The second kappa shape index (κ2) is 7.01. The van der Waals surface area contributed by atoms with Gasteiger partial charge in [0, 0.05) is 32.8 Å². The molecule has 1 amide bonds. The van der Waals surface area contributed by atoms with Gasteiger partial charge in [-0.25, -0.2) is 0 Å². The van der Waals surface area contributed by atoms with Crippen molar-refractivity contribution < 1.29 is 14.3 Å². The van der Waals surface area contributed by atoms with Crippen LogP contribution in [0.15, 0.2) is 24.3 Å². The number of ether oxygens (including phenoxy) is 2. The molecule has 0 N–H and O–H groups in total. The molecule has 3 rings (SSSR count). The number of amides is 1. The molecule has 2 heterocycles. The fourth-order valence-corrected chi connectivity index (χ4v) is 3.14. The van der Waals surface area contributed by atoms with Crippen molar-refractivity contribution in [3.8, 4) is 5.75 Å². The highest BCUT2D eigenvalue weighted by Crippen LogP contribution is 2.29. The highest BCUT2D eigenvalue weighted by molar-refractivity contribution is 5.81. The molecule has 1 aromatic carbocycles. The van der Waals surface area contributed by atoms with E-state index < -0.39 is 0 Å². The van der Waals surface area contributed by atoms with Crippen LogP contribution in [0.1, 0.15) is 19.8 Å². The molecule has 0 aromatic heterocycles. The lowest BCUT2D eigenvalue weighted by molar-refractivity contribution is -0.141. The zero-order valence-corrected chi connectivity index (χ0v) is 13.2. The Bertz CT molecular complexity index is 506. The molecule has 0 saturated carbocycles. The third-order valence-electron chi connectivity index (χ3n) is 4.30. The number of rotatable bonds is 4. The summed E-state index contributed by atoms with van der Waals surface area (Å²) in [6.07, 6.45) is 1.66. The monoisotopic (exact) mass is 304 g/mol. The number of para-hydroxylation sites is 2. The van der Waals surface area contributed by atoms with E-state index in [0.29, 0.717) is 6.61 Å². The summed E-state index contributed by atoms with van der Waals surface area (Å²) in [6.45, 7) is 6.55. The molecule has 2 saturated heterocycles. The van der Waals surface area contributed by atoms with E-state index >= 15 is 0 Å². The first kappa shape index (κ1) is 15.2. The maximum absolute atomic E-state index is 12.4. The van der Waals surface area contributed by atoms with E-state index in [2.05, 4.69) is 11.0 Å². The third kappa shape index (κ3) is 3.19. The summed E-state index contributed by atoms with van der Waals surface area (Å²) >= 11 is 0. The van der Waals surface area contributed by atoms with Gasteiger partial charge in [0.1, 0.15) is 11.9 Å². The Labute approximate surface area is 131 Å². The fourth-order valence-electron chi connectivity index (χ4n) is 3.14. The Morgan fingerprint density at radius 1 is 1.27 bits per heavy atom. The molecule has 5 heteroatoms. The fraction of sp³-hybridized carbons (Fsp3) is 0.588. The van der Waals surface area contributed by atoms with Crippen LogP contribution in [0.25, 0.3) is 0 Å². The van der Waals surface area contributed by atoms with E-state index in [1.165, 1.54) is 0 Å². The Morgan fingerprint density at radius 3 is 2.73 bits per heavy atom. The van der Waals surface area contributed by atoms with Crippen LogP contribution in [-0.4, -0.2) is 56.3 Å². The smallest absolute Gasteiger partial charge is 0.251 e. The molecule has 5 nitrogen and oxygen atoms in total. The number of carbonyl (C=O) groups excluding carboxylic acids is 1. The van der Waals surface area contributed by atoms with Crippen LogP contribution >= 0.6 is 0 Å². The maximum Gasteiger partial charge on any atom is 0.251 e. The van der Waals surface area contributed by atoms with E-state index in [-0.39, 0.29) is 12.0 Å². The topological polar surface area (TPSA) is 42.0 Å². The number of hydrogen-bond donors (Lipinski definition) is 0. The Balaban J connectivity index is 1.60. The van der Waals surface area contributed by atoms with Crippen molar-refractivity contribution in [3.05, 3.63) is 24.3 Å². The molecule has 2 aliphatic rings. The lowest BCUT2D eigenvalue weighted by atomic mass is 10.2. The first-order valence-electron chi connectivity index (χ1n) is 8.16. The van der Waals surface area contributed by atoms with Gasteiger partial charge >= 0.3 is 0 Å². The largest absolute Gasteiger partial charge is 0.492 e. The maximum atomic E-state index is 12.4. The lowest BCUT2D eigenvalue weighted by Crippen LogP contribution is -2.51. The lowest BCUT2D eigenvalue weighted by Gasteiger charge is -2.37. The van der Waals surface area contributed by atoms with Gasteiger partial charge < -0.3 is 19.3 Å². The second-order valence-corrected chi connectivity index (χ2v) is 5.71. The van der Waals surface area contributed by atoms with Gasteiger partial charge in [0.15, 0.2) is 0 Å². The van der Waals surface area contributed by atoms with Gasteiger partial charge in [0.25, 0.3) is 5.91 Å². The van der Waals surface area contributed by atoms with Gasteiger partial charge in [-0.2, -0.15) is 0 Å². The van der Waals surface area contributed by atoms with E-state index in [4.69, 9.17) is 9.47 Å². The molecule has 0 radical (unpaired) electrons. The highest BCUT2D eigenvalue weighted by atomic mass is 16.5. The second-order valence-electron chi connectivity index (χ2n) is 5.71. The number of benzene rings is 1. The van der Waals surface area contributed by atoms with Crippen LogP contribution < -0.4 is 9.64 Å². The molecule has 2 aliphatic heterocycles. The highest BCUT2D eigenvalue weighted by Gasteiger charge is 2.30. The summed E-state index contributed by atoms with van der Waals surface area (Å²) in [7, 11) is 0. The number of piperazine rings is 1. The Morgan fingerprint density at radius 2 is 2.05 bits per heavy atom. The predicted octanol–water partition coefficient (Wildman–Crippen LogP) is 1.91. The average molecular weight is 304 g/mol. The van der Waals surface area contributed by atoms with Crippen molar-refractivity contribution in [2.75, 3.05) is 44.3 Å². The summed E-state index contributed by atoms with van der Waals surface area (Å²) in [5.74, 6) is 1.08. The molecule has 22 heavy (non-hydrogen) atoms. The van der Waals surface area contributed by atoms with Gasteiger partial charge in [0.2, 0.25) is 0 Å². The van der Waals surface area contributed by atoms with Crippen LogP contribution in [0.3, 0.4) is 0 Å². The van der Waals surface area contributed by atoms with Gasteiger partial charge in [-0.3, -0.25) is 4.79 Å². The van der Waals surface area contributed by atoms with Gasteiger partial charge in [0.05, 0.1) is 12.3 Å². The summed E-state index contributed by atoms with van der Waals surface area (Å²) in [5, 5.41) is 0. The molecule has 1 aromatic rings. The van der Waals surface area contributed by atoms with Crippen LogP contribution in [0.5, 0.6) is 5.75 Å². The molecule has 0 spiro atoms. The standard InChI is InChI=1S/C17H24N2O3/c1-2-21-15-7-4-3-6-14(15)18-9-11-19(12-10-18)17(20)16-8-5-13-22-16/h3-4,6-7,16H,2,5,8-13H2,1H3/t16-/m1/s1. The van der Waals surface area contributed by atoms with Crippen molar-refractivity contribution >= 4 is 11.6 Å². The minimum Gasteiger partial charge on any atom is -0.492 e. The Kier molecular flexibility index (Phi) is 4.83. The van der Waals surface area contributed by atoms with Gasteiger partial charge in [-0.15, -0.1) is 0 Å². The molecule has 0 unspecified atom stereocenters. The molecule has 2 fully saturated rings. The van der Waals surface area contributed by atoms with E-state index in [9.17, 15) is 4.79 Å². The van der Waals surface area contributed by atoms with Crippen molar-refractivity contribution in [2.24, 2.45) is 0 Å². The number of carbonyl (C=O) groups is 1.